The van der Waals surface area contributed by atoms with Gasteiger partial charge in [-0.2, -0.15) is 0 Å². The Bertz CT molecular complexity index is 446. The van der Waals surface area contributed by atoms with E-state index >= 15 is 0 Å². The fourth-order valence-electron chi connectivity index (χ4n) is 1.93. The average molecular weight is 294 g/mol. The molecule has 1 aromatic rings. The molecule has 0 radical (unpaired) electrons. The first-order valence-electron chi connectivity index (χ1n) is 7.44. The molecule has 0 spiro atoms. The third kappa shape index (κ3) is 6.47. The lowest BCUT2D eigenvalue weighted by Crippen LogP contribution is -2.40. The first-order valence-corrected chi connectivity index (χ1v) is 7.44. The quantitative estimate of drug-likeness (QED) is 0.461. The highest BCUT2D eigenvalue weighted by atomic mass is 19.1. The zero-order valence-corrected chi connectivity index (χ0v) is 13.5. The van der Waals surface area contributed by atoms with E-state index in [1.165, 1.54) is 6.07 Å². The van der Waals surface area contributed by atoms with E-state index in [1.807, 2.05) is 18.0 Å². The van der Waals surface area contributed by atoms with Crippen molar-refractivity contribution in [2.75, 3.05) is 38.6 Å². The second-order valence-corrected chi connectivity index (χ2v) is 5.50. The zero-order chi connectivity index (χ0) is 15.7. The van der Waals surface area contributed by atoms with Crippen LogP contribution in [0.15, 0.2) is 29.3 Å². The monoisotopic (exact) mass is 294 g/mol. The molecule has 0 atom stereocenters. The minimum Gasteiger partial charge on any atom is -0.372 e. The number of nitrogens with one attached hydrogen (secondary N) is 2. The fourth-order valence-corrected chi connectivity index (χ4v) is 1.93. The normalized spacial score (nSPS) is 11.6. The van der Waals surface area contributed by atoms with Gasteiger partial charge in [0.25, 0.3) is 0 Å². The van der Waals surface area contributed by atoms with E-state index in [9.17, 15) is 4.39 Å². The summed E-state index contributed by atoms with van der Waals surface area (Å²) in [5.41, 5.74) is 0.639. The highest BCUT2D eigenvalue weighted by Gasteiger charge is 2.06. The van der Waals surface area contributed by atoms with Crippen molar-refractivity contribution in [3.63, 3.8) is 0 Å². The van der Waals surface area contributed by atoms with Gasteiger partial charge in [-0.3, -0.25) is 4.99 Å². The van der Waals surface area contributed by atoms with Crippen molar-refractivity contribution in [1.82, 2.24) is 10.6 Å². The van der Waals surface area contributed by atoms with Crippen molar-refractivity contribution in [3.05, 3.63) is 30.1 Å². The van der Waals surface area contributed by atoms with Crippen LogP contribution < -0.4 is 15.5 Å². The number of guanidine groups is 1. The minimum atomic E-state index is -0.178. The molecule has 0 heterocycles. The van der Waals surface area contributed by atoms with Crippen LogP contribution in [0.3, 0.4) is 0 Å². The van der Waals surface area contributed by atoms with Gasteiger partial charge < -0.3 is 15.5 Å². The highest BCUT2D eigenvalue weighted by molar-refractivity contribution is 5.79. The molecule has 0 bridgehead atoms. The van der Waals surface area contributed by atoms with E-state index in [0.717, 1.165) is 32.0 Å². The molecule has 0 unspecified atom stereocenters. The third-order valence-corrected chi connectivity index (χ3v) is 3.13. The molecule has 5 heteroatoms. The maximum Gasteiger partial charge on any atom is 0.190 e. The molecule has 0 amide bonds. The molecule has 21 heavy (non-hydrogen) atoms. The lowest BCUT2D eigenvalue weighted by molar-refractivity contribution is 0.609. The standard InChI is InChI=1S/C16H27FN4/c1-13(2)12-20-16(18-3)19-10-7-11-21(4)15-9-6-5-8-14(15)17/h5-6,8-9,13H,7,10-12H2,1-4H3,(H2,18,19,20). The molecule has 0 fully saturated rings. The van der Waals surface area contributed by atoms with Crippen molar-refractivity contribution in [1.29, 1.82) is 0 Å². The predicted molar refractivity (Wildman–Crippen MR) is 88.5 cm³/mol. The number of benzene rings is 1. The summed E-state index contributed by atoms with van der Waals surface area (Å²) in [6, 6.07) is 6.84. The molecule has 0 saturated heterocycles. The summed E-state index contributed by atoms with van der Waals surface area (Å²) in [6.45, 7) is 6.80. The lowest BCUT2D eigenvalue weighted by Gasteiger charge is -2.20. The average Bonchev–Trinajstić information content (AvgIpc) is 2.46. The van der Waals surface area contributed by atoms with Gasteiger partial charge in [0.05, 0.1) is 5.69 Å². The Balaban J connectivity index is 2.29. The number of hydrogen-bond acceptors (Lipinski definition) is 2. The van der Waals surface area contributed by atoms with E-state index in [2.05, 4.69) is 29.5 Å². The van der Waals surface area contributed by atoms with Gasteiger partial charge in [0.15, 0.2) is 5.96 Å². The summed E-state index contributed by atoms with van der Waals surface area (Å²) in [5.74, 6) is 1.22. The molecule has 2 N–H and O–H groups in total. The number of anilines is 1. The number of nitrogens with zero attached hydrogens (tertiary/aromatic N) is 2. The van der Waals surface area contributed by atoms with Gasteiger partial charge in [-0.1, -0.05) is 26.0 Å². The molecule has 1 rings (SSSR count). The number of hydrogen-bond donors (Lipinski definition) is 2. The summed E-state index contributed by atoms with van der Waals surface area (Å²) in [7, 11) is 3.67. The first kappa shape index (κ1) is 17.3. The summed E-state index contributed by atoms with van der Waals surface area (Å²) >= 11 is 0. The van der Waals surface area contributed by atoms with Crippen molar-refractivity contribution in [2.45, 2.75) is 20.3 Å². The molecule has 0 saturated carbocycles. The minimum absolute atomic E-state index is 0.178. The number of aliphatic imine (C=N–C) groups is 1. The fraction of sp³-hybridized carbons (Fsp3) is 0.562. The van der Waals surface area contributed by atoms with Crippen LogP contribution in [-0.4, -0.2) is 39.7 Å². The second kappa shape index (κ2) is 9.21. The lowest BCUT2D eigenvalue weighted by atomic mass is 10.2. The van der Waals surface area contributed by atoms with Crippen molar-refractivity contribution in [2.24, 2.45) is 10.9 Å². The van der Waals surface area contributed by atoms with Crippen molar-refractivity contribution >= 4 is 11.6 Å². The van der Waals surface area contributed by atoms with Gasteiger partial charge in [-0.15, -0.1) is 0 Å². The molecule has 0 aliphatic heterocycles. The Morgan fingerprint density at radius 2 is 2.00 bits per heavy atom. The van der Waals surface area contributed by atoms with Gasteiger partial charge in [0.1, 0.15) is 5.82 Å². The highest BCUT2D eigenvalue weighted by Crippen LogP contribution is 2.16. The van der Waals surface area contributed by atoms with E-state index in [4.69, 9.17) is 0 Å². The van der Waals surface area contributed by atoms with Gasteiger partial charge in [0, 0.05) is 33.7 Å². The van der Waals surface area contributed by atoms with Crippen LogP contribution in [0.2, 0.25) is 0 Å². The van der Waals surface area contributed by atoms with Gasteiger partial charge >= 0.3 is 0 Å². The van der Waals surface area contributed by atoms with E-state index in [0.29, 0.717) is 11.6 Å². The van der Waals surface area contributed by atoms with Crippen LogP contribution in [-0.2, 0) is 0 Å². The number of halogens is 1. The molecule has 4 nitrogen and oxygen atoms in total. The van der Waals surface area contributed by atoms with Gasteiger partial charge in [-0.05, 0) is 24.5 Å². The Morgan fingerprint density at radius 3 is 2.62 bits per heavy atom. The van der Waals surface area contributed by atoms with E-state index in [-0.39, 0.29) is 5.82 Å². The summed E-state index contributed by atoms with van der Waals surface area (Å²) in [6.07, 6.45) is 0.910. The Morgan fingerprint density at radius 1 is 1.29 bits per heavy atom. The molecular formula is C16H27FN4. The maximum absolute atomic E-state index is 13.6. The maximum atomic E-state index is 13.6. The topological polar surface area (TPSA) is 39.7 Å². The van der Waals surface area contributed by atoms with Crippen LogP contribution in [0.5, 0.6) is 0 Å². The summed E-state index contributed by atoms with van der Waals surface area (Å²) in [5, 5.41) is 6.53. The smallest absolute Gasteiger partial charge is 0.190 e. The van der Waals surface area contributed by atoms with Gasteiger partial charge in [0.2, 0.25) is 0 Å². The number of para-hydroxylation sites is 1. The van der Waals surface area contributed by atoms with Crippen LogP contribution >= 0.6 is 0 Å². The zero-order valence-electron chi connectivity index (χ0n) is 13.5. The Labute approximate surface area is 127 Å². The van der Waals surface area contributed by atoms with Crippen LogP contribution in [0.25, 0.3) is 0 Å². The largest absolute Gasteiger partial charge is 0.372 e. The van der Waals surface area contributed by atoms with E-state index < -0.39 is 0 Å². The van der Waals surface area contributed by atoms with Gasteiger partial charge in [-0.25, -0.2) is 4.39 Å². The molecule has 118 valence electrons. The molecule has 1 aromatic carbocycles. The molecule has 0 aliphatic carbocycles. The second-order valence-electron chi connectivity index (χ2n) is 5.50. The predicted octanol–water partition coefficient (Wildman–Crippen LogP) is 2.47. The van der Waals surface area contributed by atoms with Crippen molar-refractivity contribution in [3.8, 4) is 0 Å². The number of rotatable bonds is 7. The van der Waals surface area contributed by atoms with Crippen LogP contribution in [0, 0.1) is 11.7 Å². The first-order chi connectivity index (χ1) is 10.0. The Hall–Kier alpha value is -1.78. The molecule has 0 aromatic heterocycles. The molecule has 0 aliphatic rings. The van der Waals surface area contributed by atoms with Crippen LogP contribution in [0.1, 0.15) is 20.3 Å². The van der Waals surface area contributed by atoms with Crippen molar-refractivity contribution < 1.29 is 4.39 Å². The third-order valence-electron chi connectivity index (χ3n) is 3.13. The Kier molecular flexibility index (Phi) is 7.58. The molecular weight excluding hydrogens is 267 g/mol. The SMILES string of the molecule is CN=C(NCCCN(C)c1ccccc1F)NCC(C)C. The summed E-state index contributed by atoms with van der Waals surface area (Å²) < 4.78 is 13.6. The van der Waals surface area contributed by atoms with E-state index in [1.54, 1.807) is 19.2 Å². The van der Waals surface area contributed by atoms with Crippen LogP contribution in [0.4, 0.5) is 10.1 Å². The summed E-state index contributed by atoms with van der Waals surface area (Å²) in [4.78, 5) is 6.10.